The zero-order valence-electron chi connectivity index (χ0n) is 23.7. The van der Waals surface area contributed by atoms with Crippen LogP contribution >= 0.6 is 0 Å². The first kappa shape index (κ1) is 29.3. The molecule has 1 aliphatic heterocycles. The summed E-state index contributed by atoms with van der Waals surface area (Å²) in [6.45, 7) is 5.62. The van der Waals surface area contributed by atoms with Crippen LogP contribution in [0.15, 0.2) is 36.9 Å². The van der Waals surface area contributed by atoms with E-state index in [-0.39, 0.29) is 17.3 Å². The summed E-state index contributed by atoms with van der Waals surface area (Å²) in [6, 6.07) is 3.32. The summed E-state index contributed by atoms with van der Waals surface area (Å²) in [6.07, 6.45) is 9.75. The lowest BCUT2D eigenvalue weighted by Gasteiger charge is -2.34. The SMILES string of the molecule is CC(C)Nc1cc(Nc2ccnc(-c3cnn(S(=O)(=O)C4CC4)c3)n2)ncc1C#CCCCC1COCCN1C(N)=O. The van der Waals surface area contributed by atoms with Crippen LogP contribution in [0.4, 0.5) is 22.1 Å². The van der Waals surface area contributed by atoms with Gasteiger partial charge in [0, 0.05) is 37.5 Å². The Balaban J connectivity index is 1.24. The van der Waals surface area contributed by atoms with E-state index < -0.39 is 16.1 Å². The van der Waals surface area contributed by atoms with Crippen molar-refractivity contribution in [2.24, 2.45) is 5.73 Å². The number of ether oxygens (including phenoxy) is 1. The van der Waals surface area contributed by atoms with Crippen LogP contribution in [0, 0.1) is 11.8 Å². The quantitative estimate of drug-likeness (QED) is 0.235. The van der Waals surface area contributed by atoms with E-state index in [0.29, 0.717) is 62.0 Å². The van der Waals surface area contributed by atoms with E-state index in [4.69, 9.17) is 10.5 Å². The number of pyridine rings is 1. The molecular formula is C28H35N9O4S. The van der Waals surface area contributed by atoms with Crippen LogP contribution in [0.1, 0.15) is 51.5 Å². The van der Waals surface area contributed by atoms with Gasteiger partial charge in [0.25, 0.3) is 10.0 Å². The molecule has 2 aliphatic rings. The average Bonchev–Trinajstić information content (AvgIpc) is 3.71. The number of carbonyl (C=O) groups is 1. The Morgan fingerprint density at radius 1 is 1.24 bits per heavy atom. The van der Waals surface area contributed by atoms with Crippen molar-refractivity contribution < 1.29 is 17.9 Å². The fourth-order valence-corrected chi connectivity index (χ4v) is 6.07. The Bertz CT molecular complexity index is 1590. The number of carbonyl (C=O) groups excluding carboxylic acids is 1. The number of rotatable bonds is 10. The fourth-order valence-electron chi connectivity index (χ4n) is 4.60. The van der Waals surface area contributed by atoms with Crippen molar-refractivity contribution in [3.05, 3.63) is 42.5 Å². The van der Waals surface area contributed by atoms with E-state index in [9.17, 15) is 13.2 Å². The van der Waals surface area contributed by atoms with E-state index in [1.165, 1.54) is 12.4 Å². The summed E-state index contributed by atoms with van der Waals surface area (Å²) in [5.41, 5.74) is 7.59. The number of aromatic nitrogens is 5. The number of nitrogens with one attached hydrogen (secondary N) is 2. The molecule has 4 N–H and O–H groups in total. The van der Waals surface area contributed by atoms with Crippen molar-refractivity contribution in [2.75, 3.05) is 30.4 Å². The lowest BCUT2D eigenvalue weighted by Crippen LogP contribution is -2.50. The van der Waals surface area contributed by atoms with Gasteiger partial charge in [-0.15, -0.1) is 0 Å². The smallest absolute Gasteiger partial charge is 0.315 e. The van der Waals surface area contributed by atoms with Gasteiger partial charge in [-0.25, -0.2) is 28.2 Å². The summed E-state index contributed by atoms with van der Waals surface area (Å²) in [7, 11) is -3.47. The van der Waals surface area contributed by atoms with Gasteiger partial charge >= 0.3 is 6.03 Å². The number of hydrogen-bond acceptors (Lipinski definition) is 10. The molecule has 1 atom stereocenters. The van der Waals surface area contributed by atoms with Crippen LogP contribution in [-0.2, 0) is 14.8 Å². The third-order valence-electron chi connectivity index (χ3n) is 6.86. The standard InChI is InChI=1S/C28H35N9O4S/c1-19(2)33-24-14-26(31-15-20(24)6-4-3-5-7-22-18-41-13-12-36(22)28(29)38)34-25-10-11-30-27(35-25)21-16-32-37(17-21)42(39,40)23-8-9-23/h10-11,14-17,19,22-23H,3,5,7-9,12-13,18H2,1-2H3,(H2,29,38)(H2,30,31,33,34,35). The van der Waals surface area contributed by atoms with Crippen molar-refractivity contribution in [3.8, 4) is 23.2 Å². The molecular weight excluding hydrogens is 558 g/mol. The van der Waals surface area contributed by atoms with Crippen molar-refractivity contribution in [1.29, 1.82) is 0 Å². The predicted molar refractivity (Wildman–Crippen MR) is 158 cm³/mol. The van der Waals surface area contributed by atoms with E-state index in [1.807, 2.05) is 19.9 Å². The fraction of sp³-hybridized carbons (Fsp3) is 0.464. The maximum atomic E-state index is 12.5. The second-order valence-corrected chi connectivity index (χ2v) is 12.7. The van der Waals surface area contributed by atoms with Crippen LogP contribution in [-0.4, -0.2) is 80.6 Å². The highest BCUT2D eigenvalue weighted by atomic mass is 32.2. The summed E-state index contributed by atoms with van der Waals surface area (Å²) < 4.78 is 31.5. The van der Waals surface area contributed by atoms with Crippen molar-refractivity contribution in [1.82, 2.24) is 29.0 Å². The molecule has 3 aromatic heterocycles. The Kier molecular flexibility index (Phi) is 8.89. The average molecular weight is 594 g/mol. The molecule has 4 heterocycles. The Labute approximate surface area is 245 Å². The molecule has 0 aromatic carbocycles. The van der Waals surface area contributed by atoms with E-state index in [2.05, 4.69) is 42.5 Å². The number of nitrogens with zero attached hydrogens (tertiary/aromatic N) is 6. The summed E-state index contributed by atoms with van der Waals surface area (Å²) in [5.74, 6) is 7.84. The molecule has 2 amide bonds. The molecule has 1 saturated heterocycles. The highest BCUT2D eigenvalue weighted by molar-refractivity contribution is 7.90. The van der Waals surface area contributed by atoms with E-state index >= 15 is 0 Å². The largest absolute Gasteiger partial charge is 0.382 e. The number of nitrogens with two attached hydrogens (primary N) is 1. The molecule has 1 unspecified atom stereocenters. The second-order valence-electron chi connectivity index (χ2n) is 10.6. The van der Waals surface area contributed by atoms with Crippen LogP contribution in [0.25, 0.3) is 11.4 Å². The number of anilines is 3. The van der Waals surface area contributed by atoms with Gasteiger partial charge in [0.15, 0.2) is 5.82 Å². The first-order valence-electron chi connectivity index (χ1n) is 14.0. The minimum atomic E-state index is -3.47. The number of primary amides is 1. The number of hydrogen-bond donors (Lipinski definition) is 3. The maximum absolute atomic E-state index is 12.5. The summed E-state index contributed by atoms with van der Waals surface area (Å²) in [4.78, 5) is 26.7. The van der Waals surface area contributed by atoms with Gasteiger partial charge in [-0.3, -0.25) is 0 Å². The van der Waals surface area contributed by atoms with Gasteiger partial charge in [-0.1, -0.05) is 11.8 Å². The number of urea groups is 1. The highest BCUT2D eigenvalue weighted by Gasteiger charge is 2.37. The Morgan fingerprint density at radius 2 is 2.07 bits per heavy atom. The molecule has 0 spiro atoms. The van der Waals surface area contributed by atoms with Crippen LogP contribution < -0.4 is 16.4 Å². The molecule has 0 bridgehead atoms. The van der Waals surface area contributed by atoms with Gasteiger partial charge in [0.05, 0.1) is 53.7 Å². The lowest BCUT2D eigenvalue weighted by atomic mass is 10.1. The molecule has 42 heavy (non-hydrogen) atoms. The topological polar surface area (TPSA) is 170 Å². The molecule has 2 fully saturated rings. The van der Waals surface area contributed by atoms with Gasteiger partial charge in [-0.2, -0.15) is 9.19 Å². The molecule has 3 aromatic rings. The highest BCUT2D eigenvalue weighted by Crippen LogP contribution is 2.30. The number of morpholine rings is 1. The number of unbranched alkanes of at least 4 members (excludes halogenated alkanes) is 1. The molecule has 222 valence electrons. The molecule has 5 rings (SSSR count). The number of amides is 2. The maximum Gasteiger partial charge on any atom is 0.315 e. The molecule has 14 heteroatoms. The summed E-state index contributed by atoms with van der Waals surface area (Å²) >= 11 is 0. The van der Waals surface area contributed by atoms with Crippen LogP contribution in [0.3, 0.4) is 0 Å². The third-order valence-corrected chi connectivity index (χ3v) is 8.89. The molecule has 0 radical (unpaired) electrons. The van der Waals surface area contributed by atoms with Crippen LogP contribution in [0.2, 0.25) is 0 Å². The minimum Gasteiger partial charge on any atom is -0.382 e. The van der Waals surface area contributed by atoms with E-state index in [0.717, 1.165) is 28.2 Å². The van der Waals surface area contributed by atoms with Crippen LogP contribution in [0.5, 0.6) is 0 Å². The Hall–Kier alpha value is -4.22. The predicted octanol–water partition coefficient (Wildman–Crippen LogP) is 2.94. The first-order valence-corrected chi connectivity index (χ1v) is 15.5. The Morgan fingerprint density at radius 3 is 2.83 bits per heavy atom. The van der Waals surface area contributed by atoms with Crippen molar-refractivity contribution >= 4 is 33.4 Å². The van der Waals surface area contributed by atoms with E-state index in [1.54, 1.807) is 23.4 Å². The van der Waals surface area contributed by atoms with Crippen molar-refractivity contribution in [2.45, 2.75) is 63.3 Å². The first-order chi connectivity index (χ1) is 20.2. The monoisotopic (exact) mass is 593 g/mol. The molecule has 13 nitrogen and oxygen atoms in total. The molecule has 1 aliphatic carbocycles. The third kappa shape index (κ3) is 7.15. The van der Waals surface area contributed by atoms with Gasteiger partial charge in [0.2, 0.25) is 0 Å². The van der Waals surface area contributed by atoms with Crippen molar-refractivity contribution in [3.63, 3.8) is 0 Å². The lowest BCUT2D eigenvalue weighted by molar-refractivity contribution is 0.0111. The summed E-state index contributed by atoms with van der Waals surface area (Å²) in [5, 5.41) is 10.3. The van der Waals surface area contributed by atoms with Gasteiger partial charge < -0.3 is 26.0 Å². The zero-order chi connectivity index (χ0) is 29.7. The normalized spacial score (nSPS) is 17.0. The van der Waals surface area contributed by atoms with Gasteiger partial charge in [0.1, 0.15) is 11.6 Å². The molecule has 1 saturated carbocycles. The minimum absolute atomic E-state index is 0.0162. The zero-order valence-corrected chi connectivity index (χ0v) is 24.5. The second kappa shape index (κ2) is 12.7. The van der Waals surface area contributed by atoms with Gasteiger partial charge in [-0.05, 0) is 45.6 Å².